The van der Waals surface area contributed by atoms with Crippen LogP contribution in [0.3, 0.4) is 0 Å². The van der Waals surface area contributed by atoms with E-state index in [1.54, 1.807) is 0 Å². The first kappa shape index (κ1) is 18.8. The first-order valence-corrected chi connectivity index (χ1v) is 8.61. The third-order valence-electron chi connectivity index (χ3n) is 3.41. The number of alkyl halides is 2. The van der Waals surface area contributed by atoms with E-state index in [0.717, 1.165) is 29.2 Å². The van der Waals surface area contributed by atoms with Crippen molar-refractivity contribution >= 4 is 27.7 Å². The van der Waals surface area contributed by atoms with Gasteiger partial charge in [-0.25, -0.2) is 18.0 Å². The van der Waals surface area contributed by atoms with Crippen LogP contribution in [0.5, 0.6) is 0 Å². The third-order valence-corrected chi connectivity index (χ3v) is 4.81. The number of halogens is 2. The number of benzene rings is 1. The van der Waals surface area contributed by atoms with E-state index in [2.05, 4.69) is 5.32 Å². The lowest BCUT2D eigenvalue weighted by Gasteiger charge is -2.18. The second-order valence-corrected chi connectivity index (χ2v) is 7.02. The van der Waals surface area contributed by atoms with Crippen LogP contribution < -0.4 is 5.32 Å². The summed E-state index contributed by atoms with van der Waals surface area (Å²) in [5.41, 5.74) is -0.126. The Bertz CT molecular complexity index is 794. The summed E-state index contributed by atoms with van der Waals surface area (Å²) in [5, 5.41) is 2.43. The number of rotatable bonds is 5. The number of carbonyl (C=O) groups is 3. The van der Waals surface area contributed by atoms with Crippen LogP contribution in [-0.4, -0.2) is 56.2 Å². The highest BCUT2D eigenvalue weighted by molar-refractivity contribution is 7.91. The van der Waals surface area contributed by atoms with Gasteiger partial charge in [0.15, 0.2) is 6.10 Å². The van der Waals surface area contributed by atoms with Crippen molar-refractivity contribution < 1.29 is 36.3 Å². The molecule has 11 heteroatoms. The summed E-state index contributed by atoms with van der Waals surface area (Å²) in [6.07, 6.45) is -1.25. The Hall–Kier alpha value is -2.56. The molecule has 1 aromatic carbocycles. The molecule has 0 spiro atoms. The standard InChI is InChI=1S/C14H14F2N2O6S/c1-8(11(19)18-7-6-17-14(18)21)24-12(20)9-2-4-10(5-3-9)25(22,23)13(15)16/h2-5,8,13H,6-7H2,1H3,(H,17,21)/t8-/m1/s1. The molecule has 8 nitrogen and oxygen atoms in total. The van der Waals surface area contributed by atoms with E-state index >= 15 is 0 Å². The summed E-state index contributed by atoms with van der Waals surface area (Å²) >= 11 is 0. The van der Waals surface area contributed by atoms with Crippen LogP contribution in [-0.2, 0) is 19.4 Å². The quantitative estimate of drug-likeness (QED) is 0.761. The molecular weight excluding hydrogens is 362 g/mol. The Balaban J connectivity index is 2.06. The van der Waals surface area contributed by atoms with E-state index in [9.17, 15) is 31.6 Å². The molecule has 25 heavy (non-hydrogen) atoms. The number of ether oxygens (including phenoxy) is 1. The number of esters is 1. The van der Waals surface area contributed by atoms with Gasteiger partial charge in [-0.05, 0) is 31.2 Å². The molecule has 1 fully saturated rings. The van der Waals surface area contributed by atoms with Crippen molar-refractivity contribution in [2.45, 2.75) is 23.7 Å². The summed E-state index contributed by atoms with van der Waals surface area (Å²) in [6, 6.07) is 3.10. The fourth-order valence-electron chi connectivity index (χ4n) is 2.06. The van der Waals surface area contributed by atoms with Crippen LogP contribution in [0.4, 0.5) is 13.6 Å². The molecule has 0 saturated carbocycles. The van der Waals surface area contributed by atoms with Gasteiger partial charge in [0.05, 0.1) is 10.5 Å². The van der Waals surface area contributed by atoms with E-state index in [1.165, 1.54) is 6.92 Å². The molecule has 136 valence electrons. The predicted molar refractivity (Wildman–Crippen MR) is 79.6 cm³/mol. The Kier molecular flexibility index (Phi) is 5.36. The number of imide groups is 1. The maximum atomic E-state index is 12.4. The summed E-state index contributed by atoms with van der Waals surface area (Å²) in [6.45, 7) is 1.73. The van der Waals surface area contributed by atoms with Crippen molar-refractivity contribution in [1.82, 2.24) is 10.2 Å². The lowest BCUT2D eigenvalue weighted by molar-refractivity contribution is -0.136. The molecule has 0 bridgehead atoms. The zero-order valence-electron chi connectivity index (χ0n) is 12.9. The second kappa shape index (κ2) is 7.13. The Labute approximate surface area is 141 Å². The number of hydrogen-bond donors (Lipinski definition) is 1. The van der Waals surface area contributed by atoms with E-state index in [-0.39, 0.29) is 12.1 Å². The van der Waals surface area contributed by atoms with Crippen LogP contribution in [0.1, 0.15) is 17.3 Å². The molecule has 0 unspecified atom stereocenters. The van der Waals surface area contributed by atoms with Gasteiger partial charge < -0.3 is 10.1 Å². The maximum Gasteiger partial charge on any atom is 0.341 e. The van der Waals surface area contributed by atoms with Crippen molar-refractivity contribution in [2.75, 3.05) is 13.1 Å². The molecule has 2 rings (SSSR count). The lowest BCUT2D eigenvalue weighted by Crippen LogP contribution is -2.41. The SMILES string of the molecule is C[C@@H](OC(=O)c1ccc(S(=O)(=O)C(F)F)cc1)C(=O)N1CCNC1=O. The smallest absolute Gasteiger partial charge is 0.341 e. The van der Waals surface area contributed by atoms with Crippen molar-refractivity contribution in [3.8, 4) is 0 Å². The molecule has 0 aliphatic carbocycles. The molecule has 1 aromatic rings. The Morgan fingerprint density at radius 1 is 1.24 bits per heavy atom. The lowest BCUT2D eigenvalue weighted by atomic mass is 10.2. The molecule has 1 aliphatic rings. The first-order chi connectivity index (χ1) is 11.6. The van der Waals surface area contributed by atoms with Gasteiger partial charge in [0.1, 0.15) is 0 Å². The van der Waals surface area contributed by atoms with Gasteiger partial charge in [-0.1, -0.05) is 0 Å². The number of nitrogens with one attached hydrogen (secondary N) is 1. The summed E-state index contributed by atoms with van der Waals surface area (Å²) in [4.78, 5) is 35.6. The zero-order valence-corrected chi connectivity index (χ0v) is 13.8. The van der Waals surface area contributed by atoms with Crippen LogP contribution in [0, 0.1) is 0 Å². The number of amides is 3. The minimum atomic E-state index is -4.76. The van der Waals surface area contributed by atoms with Crippen molar-refractivity contribution in [2.24, 2.45) is 0 Å². The molecule has 1 atom stereocenters. The largest absolute Gasteiger partial charge is 0.449 e. The zero-order chi connectivity index (χ0) is 18.8. The van der Waals surface area contributed by atoms with Crippen molar-refractivity contribution in [3.63, 3.8) is 0 Å². The second-order valence-electron chi connectivity index (χ2n) is 5.10. The van der Waals surface area contributed by atoms with Crippen molar-refractivity contribution in [1.29, 1.82) is 0 Å². The fourth-order valence-corrected chi connectivity index (χ4v) is 2.79. The van der Waals surface area contributed by atoms with Gasteiger partial charge in [0.2, 0.25) is 9.84 Å². The normalized spacial score (nSPS) is 15.8. The first-order valence-electron chi connectivity index (χ1n) is 7.07. The van der Waals surface area contributed by atoms with Gasteiger partial charge in [-0.2, -0.15) is 8.78 Å². The van der Waals surface area contributed by atoms with Gasteiger partial charge in [0, 0.05) is 13.1 Å². The van der Waals surface area contributed by atoms with Gasteiger partial charge >= 0.3 is 17.8 Å². The monoisotopic (exact) mass is 376 g/mol. The van der Waals surface area contributed by atoms with E-state index in [4.69, 9.17) is 4.74 Å². The Morgan fingerprint density at radius 3 is 2.32 bits per heavy atom. The summed E-state index contributed by atoms with van der Waals surface area (Å²) in [5.74, 6) is -5.24. The van der Waals surface area contributed by atoms with Crippen molar-refractivity contribution in [3.05, 3.63) is 29.8 Å². The molecule has 1 heterocycles. The van der Waals surface area contributed by atoms with E-state index in [1.807, 2.05) is 0 Å². The topological polar surface area (TPSA) is 110 Å². The van der Waals surface area contributed by atoms with Crippen LogP contribution >= 0.6 is 0 Å². The highest BCUT2D eigenvalue weighted by Crippen LogP contribution is 2.19. The average molecular weight is 376 g/mol. The number of nitrogens with zero attached hydrogens (tertiary/aromatic N) is 1. The maximum absolute atomic E-state index is 12.4. The highest BCUT2D eigenvalue weighted by atomic mass is 32.2. The summed E-state index contributed by atoms with van der Waals surface area (Å²) in [7, 11) is -4.76. The van der Waals surface area contributed by atoms with Gasteiger partial charge in [-0.15, -0.1) is 0 Å². The molecule has 1 N–H and O–H groups in total. The molecular formula is C14H14F2N2O6S. The third kappa shape index (κ3) is 3.92. The fraction of sp³-hybridized carbons (Fsp3) is 0.357. The Morgan fingerprint density at radius 2 is 1.84 bits per heavy atom. The molecule has 0 radical (unpaired) electrons. The number of sulfone groups is 1. The molecule has 1 saturated heterocycles. The van der Waals surface area contributed by atoms with Gasteiger partial charge in [0.25, 0.3) is 5.91 Å². The number of urea groups is 1. The van der Waals surface area contributed by atoms with E-state index in [0.29, 0.717) is 6.54 Å². The number of hydrogen-bond acceptors (Lipinski definition) is 6. The minimum Gasteiger partial charge on any atom is -0.449 e. The van der Waals surface area contributed by atoms with Crippen LogP contribution in [0.25, 0.3) is 0 Å². The van der Waals surface area contributed by atoms with Crippen LogP contribution in [0.15, 0.2) is 29.2 Å². The van der Waals surface area contributed by atoms with E-state index < -0.39 is 44.5 Å². The summed E-state index contributed by atoms with van der Waals surface area (Å²) < 4.78 is 52.4. The highest BCUT2D eigenvalue weighted by Gasteiger charge is 2.32. The molecule has 3 amide bonds. The van der Waals surface area contributed by atoms with Crippen LogP contribution in [0.2, 0.25) is 0 Å². The predicted octanol–water partition coefficient (Wildman–Crippen LogP) is 0.780. The molecule has 0 aromatic heterocycles. The molecule has 1 aliphatic heterocycles. The van der Waals surface area contributed by atoms with Gasteiger partial charge in [-0.3, -0.25) is 9.69 Å². The number of carbonyl (C=O) groups excluding carboxylic acids is 3. The minimum absolute atomic E-state index is 0.126. The average Bonchev–Trinajstić information content (AvgIpc) is 2.99.